The molecule has 8 heteroatoms. The van der Waals surface area contributed by atoms with Crippen molar-refractivity contribution in [3.8, 4) is 0 Å². The highest BCUT2D eigenvalue weighted by molar-refractivity contribution is 9.10. The molecule has 1 aromatic heterocycles. The molecular weight excluding hydrogens is 346 g/mol. The second kappa shape index (κ2) is 6.19. The van der Waals surface area contributed by atoms with Crippen LogP contribution in [0.25, 0.3) is 0 Å². The van der Waals surface area contributed by atoms with Crippen molar-refractivity contribution in [3.63, 3.8) is 0 Å². The Morgan fingerprint density at radius 3 is 2.60 bits per heavy atom. The van der Waals surface area contributed by atoms with E-state index in [4.69, 9.17) is 0 Å². The highest BCUT2D eigenvalue weighted by atomic mass is 79.9. The van der Waals surface area contributed by atoms with E-state index in [0.717, 1.165) is 0 Å². The number of rotatable bonds is 3. The van der Waals surface area contributed by atoms with Gasteiger partial charge in [-0.1, -0.05) is 0 Å². The van der Waals surface area contributed by atoms with Gasteiger partial charge in [0.15, 0.2) is 0 Å². The number of hydrogen-bond donors (Lipinski definition) is 1. The number of carbonyl (C=O) groups excluding carboxylic acids is 1. The molecule has 1 amide bonds. The molecule has 1 aliphatic heterocycles. The molecule has 0 bridgehead atoms. The van der Waals surface area contributed by atoms with Crippen molar-refractivity contribution in [2.24, 2.45) is 0 Å². The zero-order valence-corrected chi connectivity index (χ0v) is 13.4. The number of nitrogens with zero attached hydrogens (tertiary/aromatic N) is 2. The van der Waals surface area contributed by atoms with Crippen molar-refractivity contribution in [2.45, 2.75) is 30.7 Å². The van der Waals surface area contributed by atoms with Crippen molar-refractivity contribution >= 4 is 31.9 Å². The van der Waals surface area contributed by atoms with Gasteiger partial charge in [-0.05, 0) is 34.8 Å². The summed E-state index contributed by atoms with van der Waals surface area (Å²) in [5.74, 6) is 0.0301. The molecule has 1 N–H and O–H groups in total. The number of halogens is 1. The van der Waals surface area contributed by atoms with E-state index in [9.17, 15) is 13.2 Å². The van der Waals surface area contributed by atoms with Gasteiger partial charge < -0.3 is 4.90 Å². The maximum atomic E-state index is 12.2. The Labute approximate surface area is 126 Å². The van der Waals surface area contributed by atoms with Crippen LogP contribution >= 0.6 is 15.9 Å². The Hall–Kier alpha value is -0.990. The van der Waals surface area contributed by atoms with E-state index in [-0.39, 0.29) is 16.8 Å². The smallest absolute Gasteiger partial charge is 0.242 e. The molecule has 2 rings (SSSR count). The molecule has 0 spiro atoms. The SMILES string of the molecule is CC(=O)N1CCC(NS(=O)(=O)c2cncc(Br)c2)CC1. The number of aromatic nitrogens is 1. The lowest BCUT2D eigenvalue weighted by Gasteiger charge is -2.31. The molecule has 1 aromatic rings. The minimum absolute atomic E-state index is 0.0301. The van der Waals surface area contributed by atoms with E-state index in [1.54, 1.807) is 4.90 Å². The van der Waals surface area contributed by atoms with Crippen LogP contribution in [0.15, 0.2) is 27.8 Å². The standard InChI is InChI=1S/C12H16BrN3O3S/c1-9(17)16-4-2-11(3-5-16)15-20(18,19)12-6-10(13)7-14-8-12/h6-8,11,15H,2-5H2,1H3. The topological polar surface area (TPSA) is 79.4 Å². The number of amides is 1. The zero-order valence-electron chi connectivity index (χ0n) is 11.0. The summed E-state index contributed by atoms with van der Waals surface area (Å²) in [5.41, 5.74) is 0. The van der Waals surface area contributed by atoms with E-state index in [1.807, 2.05) is 0 Å². The lowest BCUT2D eigenvalue weighted by molar-refractivity contribution is -0.129. The van der Waals surface area contributed by atoms with Gasteiger partial charge in [-0.3, -0.25) is 9.78 Å². The van der Waals surface area contributed by atoms with E-state index in [0.29, 0.717) is 30.4 Å². The summed E-state index contributed by atoms with van der Waals surface area (Å²) in [6.07, 6.45) is 4.10. The maximum absolute atomic E-state index is 12.2. The number of carbonyl (C=O) groups is 1. The predicted octanol–water partition coefficient (Wildman–Crippen LogP) is 1.13. The predicted molar refractivity (Wildman–Crippen MR) is 77.5 cm³/mol. The van der Waals surface area contributed by atoms with Crippen LogP contribution < -0.4 is 4.72 Å². The van der Waals surface area contributed by atoms with Crippen molar-refractivity contribution in [2.75, 3.05) is 13.1 Å². The number of piperidine rings is 1. The van der Waals surface area contributed by atoms with Crippen molar-refractivity contribution in [1.82, 2.24) is 14.6 Å². The van der Waals surface area contributed by atoms with Gasteiger partial charge in [0.1, 0.15) is 4.90 Å². The Morgan fingerprint density at radius 1 is 1.40 bits per heavy atom. The van der Waals surface area contributed by atoms with Crippen molar-refractivity contribution in [1.29, 1.82) is 0 Å². The highest BCUT2D eigenvalue weighted by Crippen LogP contribution is 2.17. The minimum Gasteiger partial charge on any atom is -0.343 e. The number of nitrogens with one attached hydrogen (secondary N) is 1. The third kappa shape index (κ3) is 3.77. The second-order valence-electron chi connectivity index (χ2n) is 4.74. The minimum atomic E-state index is -3.57. The fourth-order valence-corrected chi connectivity index (χ4v) is 3.95. The summed E-state index contributed by atoms with van der Waals surface area (Å²) in [6, 6.07) is 1.37. The third-order valence-corrected chi connectivity index (χ3v) is 5.17. The van der Waals surface area contributed by atoms with Crippen LogP contribution in [-0.2, 0) is 14.8 Å². The number of sulfonamides is 1. The first-order chi connectivity index (χ1) is 9.38. The molecule has 1 aliphatic rings. The van der Waals surface area contributed by atoms with E-state index >= 15 is 0 Å². The van der Waals surface area contributed by atoms with E-state index in [1.165, 1.54) is 25.4 Å². The van der Waals surface area contributed by atoms with Crippen LogP contribution in [0, 0.1) is 0 Å². The van der Waals surface area contributed by atoms with E-state index < -0.39 is 10.0 Å². The average molecular weight is 362 g/mol. The molecule has 20 heavy (non-hydrogen) atoms. The second-order valence-corrected chi connectivity index (χ2v) is 7.37. The molecule has 1 saturated heterocycles. The zero-order chi connectivity index (χ0) is 14.8. The molecule has 0 atom stereocenters. The quantitative estimate of drug-likeness (QED) is 0.875. The van der Waals surface area contributed by atoms with Gasteiger partial charge in [0, 0.05) is 42.9 Å². The monoisotopic (exact) mass is 361 g/mol. The van der Waals surface area contributed by atoms with Gasteiger partial charge in [0.2, 0.25) is 15.9 Å². The van der Waals surface area contributed by atoms with Crippen LogP contribution in [0.5, 0.6) is 0 Å². The normalized spacial score (nSPS) is 17.2. The van der Waals surface area contributed by atoms with Crippen LogP contribution in [0.2, 0.25) is 0 Å². The molecule has 2 heterocycles. The summed E-state index contributed by atoms with van der Waals surface area (Å²) in [6.45, 7) is 2.69. The van der Waals surface area contributed by atoms with Crippen LogP contribution in [0.3, 0.4) is 0 Å². The Balaban J connectivity index is 2.02. The first-order valence-electron chi connectivity index (χ1n) is 6.27. The summed E-state index contributed by atoms with van der Waals surface area (Å²) in [5, 5.41) is 0. The highest BCUT2D eigenvalue weighted by Gasteiger charge is 2.25. The molecule has 0 saturated carbocycles. The van der Waals surface area contributed by atoms with Gasteiger partial charge in [-0.15, -0.1) is 0 Å². The van der Waals surface area contributed by atoms with Gasteiger partial charge >= 0.3 is 0 Å². The van der Waals surface area contributed by atoms with Gasteiger partial charge in [-0.2, -0.15) is 0 Å². The van der Waals surface area contributed by atoms with Crippen LogP contribution in [0.1, 0.15) is 19.8 Å². The first kappa shape index (κ1) is 15.4. The first-order valence-corrected chi connectivity index (χ1v) is 8.54. The molecule has 0 unspecified atom stereocenters. The molecule has 1 fully saturated rings. The van der Waals surface area contributed by atoms with Crippen molar-refractivity contribution in [3.05, 3.63) is 22.9 Å². The van der Waals surface area contributed by atoms with Crippen LogP contribution in [0.4, 0.5) is 0 Å². The molecule has 0 aromatic carbocycles. The number of pyridine rings is 1. The molecule has 6 nitrogen and oxygen atoms in total. The fourth-order valence-electron chi connectivity index (χ4n) is 2.14. The third-order valence-electron chi connectivity index (χ3n) is 3.25. The maximum Gasteiger partial charge on any atom is 0.242 e. The number of hydrogen-bond acceptors (Lipinski definition) is 4. The molecule has 0 aliphatic carbocycles. The number of likely N-dealkylation sites (tertiary alicyclic amines) is 1. The van der Waals surface area contributed by atoms with Crippen molar-refractivity contribution < 1.29 is 13.2 Å². The lowest BCUT2D eigenvalue weighted by Crippen LogP contribution is -2.45. The van der Waals surface area contributed by atoms with Crippen LogP contribution in [-0.4, -0.2) is 43.3 Å². The average Bonchev–Trinajstić information content (AvgIpc) is 2.39. The summed E-state index contributed by atoms with van der Waals surface area (Å²) in [7, 11) is -3.57. The Kier molecular flexibility index (Phi) is 4.77. The summed E-state index contributed by atoms with van der Waals surface area (Å²) in [4.78, 5) is 17.0. The summed E-state index contributed by atoms with van der Waals surface area (Å²) < 4.78 is 27.7. The Morgan fingerprint density at radius 2 is 2.05 bits per heavy atom. The van der Waals surface area contributed by atoms with Gasteiger partial charge in [-0.25, -0.2) is 13.1 Å². The van der Waals surface area contributed by atoms with E-state index in [2.05, 4.69) is 25.6 Å². The molecular formula is C12H16BrN3O3S. The van der Waals surface area contributed by atoms with Gasteiger partial charge in [0.05, 0.1) is 0 Å². The largest absolute Gasteiger partial charge is 0.343 e. The fraction of sp³-hybridized carbons (Fsp3) is 0.500. The van der Waals surface area contributed by atoms with Gasteiger partial charge in [0.25, 0.3) is 0 Å². The Bertz CT molecular complexity index is 598. The molecule has 0 radical (unpaired) electrons. The molecule has 110 valence electrons. The lowest BCUT2D eigenvalue weighted by atomic mass is 10.1. The summed E-state index contributed by atoms with van der Waals surface area (Å²) >= 11 is 3.20.